The molecule has 0 spiro atoms. The maximum Gasteiger partial charge on any atom is 0.176 e. The van der Waals surface area contributed by atoms with E-state index < -0.39 is 5.92 Å². The summed E-state index contributed by atoms with van der Waals surface area (Å²) >= 11 is 3.56. The van der Waals surface area contributed by atoms with E-state index in [1.54, 1.807) is 13.2 Å². The first-order chi connectivity index (χ1) is 16.2. The topological polar surface area (TPSA) is 97.8 Å². The Morgan fingerprint density at radius 3 is 2.68 bits per heavy atom. The van der Waals surface area contributed by atoms with E-state index in [9.17, 15) is 10.1 Å². The van der Waals surface area contributed by atoms with Crippen LogP contribution in [-0.2, 0) is 9.53 Å². The van der Waals surface area contributed by atoms with Crippen molar-refractivity contribution in [2.75, 3.05) is 33.5 Å². The van der Waals surface area contributed by atoms with Gasteiger partial charge in [-0.2, -0.15) is 5.26 Å². The van der Waals surface area contributed by atoms with E-state index in [1.807, 2.05) is 17.9 Å². The molecule has 1 aliphatic heterocycles. The maximum absolute atomic E-state index is 13.5. The first-order valence-electron chi connectivity index (χ1n) is 11.1. The number of Topliss-reactive ketones (excluding diaryl/α,β-unsaturated/α-hetero) is 1. The Morgan fingerprint density at radius 1 is 1.32 bits per heavy atom. The lowest BCUT2D eigenvalue weighted by Crippen LogP contribution is -2.43. The normalized spacial score (nSPS) is 19.4. The van der Waals surface area contributed by atoms with Crippen molar-refractivity contribution < 1.29 is 19.0 Å². The highest BCUT2D eigenvalue weighted by Gasteiger charge is 2.44. The van der Waals surface area contributed by atoms with Crippen LogP contribution in [0.3, 0.4) is 0 Å². The minimum absolute atomic E-state index is 0.0145. The van der Waals surface area contributed by atoms with Crippen LogP contribution in [0.2, 0.25) is 0 Å². The minimum Gasteiger partial charge on any atom is -0.490 e. The molecule has 0 unspecified atom stereocenters. The lowest BCUT2D eigenvalue weighted by atomic mass is 9.68. The van der Waals surface area contributed by atoms with E-state index in [0.717, 1.165) is 11.3 Å². The lowest BCUT2D eigenvalue weighted by molar-refractivity contribution is -0.118. The van der Waals surface area contributed by atoms with Crippen molar-refractivity contribution in [1.29, 1.82) is 5.26 Å². The zero-order valence-corrected chi connectivity index (χ0v) is 21.6. The molecule has 0 amide bonds. The number of hydrogen-bond acceptors (Lipinski definition) is 7. The van der Waals surface area contributed by atoms with Crippen molar-refractivity contribution in [3.63, 3.8) is 0 Å². The molecule has 180 valence electrons. The molecule has 8 heteroatoms. The van der Waals surface area contributed by atoms with Crippen molar-refractivity contribution in [1.82, 2.24) is 4.90 Å². The number of nitrogens with two attached hydrogens (primary N) is 1. The van der Waals surface area contributed by atoms with Gasteiger partial charge in [-0.05, 0) is 52.4 Å². The van der Waals surface area contributed by atoms with E-state index in [4.69, 9.17) is 26.4 Å². The number of halogens is 1. The van der Waals surface area contributed by atoms with E-state index in [0.29, 0.717) is 65.5 Å². The molecule has 0 aromatic heterocycles. The summed E-state index contributed by atoms with van der Waals surface area (Å²) in [7, 11) is 1.61. The van der Waals surface area contributed by atoms with Gasteiger partial charge < -0.3 is 24.8 Å². The molecule has 0 fully saturated rings. The molecule has 0 bridgehead atoms. The summed E-state index contributed by atoms with van der Waals surface area (Å²) in [6.07, 6.45) is 6.42. The van der Waals surface area contributed by atoms with Gasteiger partial charge in [0, 0.05) is 31.3 Å². The monoisotopic (exact) mass is 527 g/mol. The van der Waals surface area contributed by atoms with Crippen LogP contribution in [0.4, 0.5) is 0 Å². The molecule has 2 aliphatic rings. The number of nitriles is 1. The molecule has 34 heavy (non-hydrogen) atoms. The van der Waals surface area contributed by atoms with Crippen molar-refractivity contribution >= 4 is 21.7 Å². The second kappa shape index (κ2) is 10.5. The number of allylic oxidation sites excluding steroid dienone is 3. The van der Waals surface area contributed by atoms with Gasteiger partial charge in [-0.15, -0.1) is 6.42 Å². The van der Waals surface area contributed by atoms with E-state index >= 15 is 0 Å². The fourth-order valence-corrected chi connectivity index (χ4v) is 5.19. The quantitative estimate of drug-likeness (QED) is 0.504. The molecule has 1 heterocycles. The summed E-state index contributed by atoms with van der Waals surface area (Å²) in [5.74, 6) is 3.15. The number of benzene rings is 1. The highest BCUT2D eigenvalue weighted by atomic mass is 79.9. The van der Waals surface area contributed by atoms with Crippen LogP contribution in [-0.4, -0.2) is 44.2 Å². The zero-order chi connectivity index (χ0) is 25.0. The number of ketones is 1. The first-order valence-corrected chi connectivity index (χ1v) is 11.9. The van der Waals surface area contributed by atoms with E-state index in [2.05, 4.69) is 41.8 Å². The van der Waals surface area contributed by atoms with Crippen LogP contribution in [0.1, 0.15) is 45.1 Å². The van der Waals surface area contributed by atoms with Gasteiger partial charge in [-0.3, -0.25) is 4.79 Å². The highest BCUT2D eigenvalue weighted by Crippen LogP contribution is 2.50. The molecular weight excluding hydrogens is 498 g/mol. The molecule has 1 aromatic carbocycles. The molecule has 0 saturated carbocycles. The summed E-state index contributed by atoms with van der Waals surface area (Å²) in [4.78, 5) is 15.4. The first kappa shape index (κ1) is 25.7. The predicted octanol–water partition coefficient (Wildman–Crippen LogP) is 4.24. The molecule has 3 rings (SSSR count). The maximum atomic E-state index is 13.5. The second-order valence-electron chi connectivity index (χ2n) is 9.05. The Bertz CT molecular complexity index is 1120. The van der Waals surface area contributed by atoms with E-state index in [-0.39, 0.29) is 17.8 Å². The third-order valence-corrected chi connectivity index (χ3v) is 6.56. The van der Waals surface area contributed by atoms with Crippen LogP contribution in [0.5, 0.6) is 11.5 Å². The molecule has 0 saturated heterocycles. The number of nitrogens with zero attached hydrogens (tertiary/aromatic N) is 2. The van der Waals surface area contributed by atoms with Crippen LogP contribution in [0, 0.1) is 29.1 Å². The number of ether oxygens (including phenoxy) is 3. The number of rotatable bonds is 8. The summed E-state index contributed by atoms with van der Waals surface area (Å²) < 4.78 is 17.4. The van der Waals surface area contributed by atoms with Gasteiger partial charge in [0.05, 0.1) is 35.2 Å². The number of carbonyl (C=O) groups is 1. The Hall–Kier alpha value is -2.94. The Balaban J connectivity index is 2.24. The van der Waals surface area contributed by atoms with Crippen LogP contribution < -0.4 is 15.2 Å². The summed E-state index contributed by atoms with van der Waals surface area (Å²) in [5, 5.41) is 10.2. The zero-order valence-electron chi connectivity index (χ0n) is 20.0. The van der Waals surface area contributed by atoms with Crippen molar-refractivity contribution in [3.05, 3.63) is 44.8 Å². The second-order valence-corrected chi connectivity index (χ2v) is 9.90. The largest absolute Gasteiger partial charge is 0.490 e. The van der Waals surface area contributed by atoms with Crippen LogP contribution in [0.25, 0.3) is 0 Å². The number of carbonyl (C=O) groups excluding carboxylic acids is 1. The molecule has 1 atom stereocenters. The molecule has 2 N–H and O–H groups in total. The van der Waals surface area contributed by atoms with Crippen LogP contribution >= 0.6 is 15.9 Å². The van der Waals surface area contributed by atoms with Gasteiger partial charge in [-0.25, -0.2) is 0 Å². The standard InChI is InChI=1S/C26H30BrN3O4/c1-6-9-34-24-18(27)11-16(12-21(24)33-7-2)22-17(15-28)25(29)30(8-10-32-5)19-13-26(3,4)14-20(31)23(19)22/h1,11-12,22H,7-10,13-14,29H2,2-5H3/t22-/m1/s1. The van der Waals surface area contributed by atoms with Crippen molar-refractivity contribution in [2.24, 2.45) is 11.1 Å². The van der Waals surface area contributed by atoms with Gasteiger partial charge in [0.25, 0.3) is 0 Å². The summed E-state index contributed by atoms with van der Waals surface area (Å²) in [6, 6.07) is 5.92. The minimum atomic E-state index is -0.611. The Labute approximate surface area is 209 Å². The van der Waals surface area contributed by atoms with Gasteiger partial charge in [0.15, 0.2) is 17.3 Å². The third kappa shape index (κ3) is 4.94. The van der Waals surface area contributed by atoms with Gasteiger partial charge in [0.2, 0.25) is 0 Å². The molecule has 1 aromatic rings. The highest BCUT2D eigenvalue weighted by molar-refractivity contribution is 9.10. The number of methoxy groups -OCH3 is 1. The molecule has 1 aliphatic carbocycles. The number of hydrogen-bond donors (Lipinski definition) is 1. The van der Waals surface area contributed by atoms with Crippen LogP contribution in [0.15, 0.2) is 39.3 Å². The van der Waals surface area contributed by atoms with Gasteiger partial charge in [-0.1, -0.05) is 19.8 Å². The fraction of sp³-hybridized carbons (Fsp3) is 0.462. The SMILES string of the molecule is C#CCOc1c(Br)cc([C@@H]2C(C#N)=C(N)N(CCOC)C3=C2C(=O)CC(C)(C)C3)cc1OCC. The predicted molar refractivity (Wildman–Crippen MR) is 133 cm³/mol. The molecular formula is C26H30BrN3O4. The summed E-state index contributed by atoms with van der Waals surface area (Å²) in [5.41, 5.74) is 8.84. The van der Waals surface area contributed by atoms with Gasteiger partial charge in [0.1, 0.15) is 12.4 Å². The average molecular weight is 528 g/mol. The Morgan fingerprint density at radius 2 is 2.06 bits per heavy atom. The Kier molecular flexibility index (Phi) is 7.97. The smallest absolute Gasteiger partial charge is 0.176 e. The van der Waals surface area contributed by atoms with Gasteiger partial charge >= 0.3 is 0 Å². The fourth-order valence-electron chi connectivity index (χ4n) is 4.62. The number of terminal acetylenes is 1. The average Bonchev–Trinajstić information content (AvgIpc) is 2.76. The van der Waals surface area contributed by atoms with Crippen molar-refractivity contribution in [3.8, 4) is 29.9 Å². The molecule has 0 radical (unpaired) electrons. The third-order valence-electron chi connectivity index (χ3n) is 5.97. The molecule has 7 nitrogen and oxygen atoms in total. The lowest BCUT2D eigenvalue weighted by Gasteiger charge is -2.43. The van der Waals surface area contributed by atoms with Crippen molar-refractivity contribution in [2.45, 2.75) is 39.5 Å². The summed E-state index contributed by atoms with van der Waals surface area (Å²) in [6.45, 7) is 7.35. The van der Waals surface area contributed by atoms with E-state index in [1.165, 1.54) is 0 Å².